The molecular weight excluding hydrogens is 500 g/mol. The number of amides is 1. The molecule has 0 aliphatic rings. The van der Waals surface area contributed by atoms with Crippen LogP contribution >= 0.6 is 11.3 Å². The molecule has 0 bridgehead atoms. The predicted octanol–water partition coefficient (Wildman–Crippen LogP) is 4.80. The number of H-pyrrole nitrogens is 1. The predicted molar refractivity (Wildman–Crippen MR) is 138 cm³/mol. The lowest BCUT2D eigenvalue weighted by atomic mass is 10.2. The van der Waals surface area contributed by atoms with Gasteiger partial charge in [-0.05, 0) is 30.3 Å². The molecule has 1 amide bonds. The van der Waals surface area contributed by atoms with Crippen molar-refractivity contribution in [2.24, 2.45) is 0 Å². The number of nitrogens with zero attached hydrogens (tertiary/aromatic N) is 4. The van der Waals surface area contributed by atoms with Crippen molar-refractivity contribution < 1.29 is 14.6 Å². The fraction of sp³-hybridized carbons (Fsp3) is 0. The minimum atomic E-state index is -0.552. The second-order valence-corrected chi connectivity index (χ2v) is 8.38. The Kier molecular flexibility index (Phi) is 7.35. The number of nitrogens with one attached hydrogen (secondary N) is 2. The van der Waals surface area contributed by atoms with E-state index in [-0.39, 0.29) is 28.1 Å². The molecule has 184 valence electrons. The number of benzene rings is 2. The standard InChI is InChI=1S/C12H9N3O4.C12H7N3O2S/c16-11-5-6-13-7-10(11)14-12(17)8-1-3-9(4-2-8)15(18)19;16-15(17)9-3-1-8(2-4-9)12-14-10-7-13-6-5-11(10)18-12/h1-7H,(H,13,16)(H,14,17);1-7H. The van der Waals surface area contributed by atoms with E-state index in [4.69, 9.17) is 0 Å². The first-order chi connectivity index (χ1) is 17.8. The molecule has 0 unspecified atom stereocenters. The van der Waals surface area contributed by atoms with Crippen LogP contribution in [0, 0.1) is 20.2 Å². The summed E-state index contributed by atoms with van der Waals surface area (Å²) in [7, 11) is 0. The largest absolute Gasteiger partial charge is 0.366 e. The molecule has 2 N–H and O–H groups in total. The molecule has 13 heteroatoms. The number of hydrogen-bond acceptors (Lipinski definition) is 9. The Morgan fingerprint density at radius 3 is 2.16 bits per heavy atom. The zero-order valence-electron chi connectivity index (χ0n) is 18.7. The van der Waals surface area contributed by atoms with Gasteiger partial charge >= 0.3 is 0 Å². The van der Waals surface area contributed by atoms with Crippen molar-refractivity contribution in [3.63, 3.8) is 0 Å². The molecule has 2 aromatic carbocycles. The average Bonchev–Trinajstić information content (AvgIpc) is 3.35. The second-order valence-electron chi connectivity index (χ2n) is 7.35. The highest BCUT2D eigenvalue weighted by Gasteiger charge is 2.11. The third kappa shape index (κ3) is 6.04. The van der Waals surface area contributed by atoms with Crippen molar-refractivity contribution in [1.82, 2.24) is 15.0 Å². The first-order valence-electron chi connectivity index (χ1n) is 10.5. The van der Waals surface area contributed by atoms with E-state index < -0.39 is 15.8 Å². The van der Waals surface area contributed by atoms with Crippen LogP contribution in [0.5, 0.6) is 0 Å². The molecule has 12 nitrogen and oxygen atoms in total. The van der Waals surface area contributed by atoms with Crippen LogP contribution in [0.4, 0.5) is 17.1 Å². The Bertz CT molecular complexity index is 1610. The third-order valence-corrected chi connectivity index (χ3v) is 6.01. The lowest BCUT2D eigenvalue weighted by Gasteiger charge is -2.03. The van der Waals surface area contributed by atoms with E-state index in [0.29, 0.717) is 0 Å². The monoisotopic (exact) mass is 516 g/mol. The van der Waals surface area contributed by atoms with Gasteiger partial charge in [0.1, 0.15) is 16.2 Å². The van der Waals surface area contributed by atoms with E-state index in [1.165, 1.54) is 54.9 Å². The number of rotatable bonds is 5. The molecule has 0 saturated carbocycles. The topological polar surface area (TPSA) is 174 Å². The molecule has 3 heterocycles. The molecule has 0 aliphatic carbocycles. The minimum absolute atomic E-state index is 0.0847. The Hall–Kier alpha value is -5.30. The van der Waals surface area contributed by atoms with Crippen molar-refractivity contribution >= 4 is 44.5 Å². The Morgan fingerprint density at radius 2 is 1.57 bits per heavy atom. The zero-order chi connectivity index (χ0) is 26.4. The van der Waals surface area contributed by atoms with Gasteiger partial charge in [0.05, 0.1) is 20.7 Å². The van der Waals surface area contributed by atoms with E-state index in [1.807, 2.05) is 6.07 Å². The summed E-state index contributed by atoms with van der Waals surface area (Å²) in [6, 6.07) is 14.7. The maximum Gasteiger partial charge on any atom is 0.269 e. The van der Waals surface area contributed by atoms with Crippen molar-refractivity contribution in [2.75, 3.05) is 5.32 Å². The summed E-state index contributed by atoms with van der Waals surface area (Å²) >= 11 is 1.54. The Labute approximate surface area is 211 Å². The molecule has 5 rings (SSSR count). The number of aromatic nitrogens is 3. The van der Waals surface area contributed by atoms with Gasteiger partial charge in [0.15, 0.2) is 0 Å². The molecule has 0 saturated heterocycles. The molecule has 0 aliphatic heterocycles. The number of aromatic amines is 1. The Balaban J connectivity index is 0.000000173. The smallest absolute Gasteiger partial charge is 0.269 e. The van der Waals surface area contributed by atoms with Gasteiger partial charge < -0.3 is 10.3 Å². The van der Waals surface area contributed by atoms with Gasteiger partial charge in [-0.25, -0.2) is 4.98 Å². The highest BCUT2D eigenvalue weighted by atomic mass is 32.1. The number of thiazole rings is 1. The van der Waals surface area contributed by atoms with Crippen LogP contribution in [0.15, 0.2) is 90.2 Å². The number of nitro benzene ring substituents is 2. The minimum Gasteiger partial charge on any atom is -0.366 e. The number of non-ortho nitro benzene ring substituents is 2. The number of anilines is 1. The van der Waals surface area contributed by atoms with E-state index in [9.17, 15) is 29.8 Å². The number of nitro groups is 2. The summed E-state index contributed by atoms with van der Waals surface area (Å²) in [6.45, 7) is 0. The summed E-state index contributed by atoms with van der Waals surface area (Å²) in [5.74, 6) is -0.508. The van der Waals surface area contributed by atoms with Crippen LogP contribution in [0.3, 0.4) is 0 Å². The van der Waals surface area contributed by atoms with Crippen LogP contribution in [0.2, 0.25) is 0 Å². The highest BCUT2D eigenvalue weighted by molar-refractivity contribution is 7.21. The fourth-order valence-electron chi connectivity index (χ4n) is 3.07. The Morgan fingerprint density at radius 1 is 0.919 bits per heavy atom. The maximum absolute atomic E-state index is 11.8. The van der Waals surface area contributed by atoms with Crippen molar-refractivity contribution in [1.29, 1.82) is 0 Å². The fourth-order valence-corrected chi connectivity index (χ4v) is 4.01. The second kappa shape index (κ2) is 11.0. The normalized spacial score (nSPS) is 10.3. The summed E-state index contributed by atoms with van der Waals surface area (Å²) in [5.41, 5.74) is 1.72. The van der Waals surface area contributed by atoms with Gasteiger partial charge in [0, 0.05) is 60.0 Å². The van der Waals surface area contributed by atoms with Crippen molar-refractivity contribution in [3.8, 4) is 10.6 Å². The molecule has 0 radical (unpaired) electrons. The quantitative estimate of drug-likeness (QED) is 0.247. The van der Waals surface area contributed by atoms with Gasteiger partial charge in [-0.15, -0.1) is 11.3 Å². The van der Waals surface area contributed by atoms with Gasteiger partial charge in [-0.3, -0.25) is 34.8 Å². The van der Waals surface area contributed by atoms with Gasteiger partial charge in [0.25, 0.3) is 17.3 Å². The van der Waals surface area contributed by atoms with Crippen LogP contribution in [0.25, 0.3) is 20.8 Å². The van der Waals surface area contributed by atoms with Gasteiger partial charge in [0.2, 0.25) is 5.43 Å². The molecule has 3 aromatic heterocycles. The molecule has 0 fully saturated rings. The number of hydrogen-bond donors (Lipinski definition) is 2. The van der Waals surface area contributed by atoms with Crippen LogP contribution < -0.4 is 10.7 Å². The summed E-state index contributed by atoms with van der Waals surface area (Å²) in [6.07, 6.45) is 6.25. The number of carbonyl (C=O) groups is 1. The van der Waals surface area contributed by atoms with Crippen LogP contribution in [-0.4, -0.2) is 30.7 Å². The van der Waals surface area contributed by atoms with Gasteiger partial charge in [-0.1, -0.05) is 0 Å². The molecule has 0 atom stereocenters. The van der Waals surface area contributed by atoms with Crippen molar-refractivity contribution in [2.45, 2.75) is 0 Å². The summed E-state index contributed by atoms with van der Waals surface area (Å²) in [5, 5.41) is 24.3. The summed E-state index contributed by atoms with van der Waals surface area (Å²) < 4.78 is 1.05. The van der Waals surface area contributed by atoms with E-state index in [1.54, 1.807) is 35.9 Å². The van der Waals surface area contributed by atoms with Crippen LogP contribution in [-0.2, 0) is 0 Å². The molecule has 37 heavy (non-hydrogen) atoms. The van der Waals surface area contributed by atoms with Crippen molar-refractivity contribution in [3.05, 3.63) is 121 Å². The lowest BCUT2D eigenvalue weighted by Crippen LogP contribution is -2.17. The SMILES string of the molecule is O=C(Nc1c[nH]ccc1=O)c1ccc([N+](=O)[O-])cc1.O=[N+]([O-])c1ccc(-c2nc3cnccc3s2)cc1. The van der Waals surface area contributed by atoms with E-state index in [0.717, 1.165) is 20.8 Å². The molecular formula is C24H16N6O6S. The first-order valence-corrected chi connectivity index (χ1v) is 11.3. The first kappa shape index (κ1) is 24.8. The lowest BCUT2D eigenvalue weighted by molar-refractivity contribution is -0.385. The maximum atomic E-state index is 11.8. The third-order valence-electron chi connectivity index (χ3n) is 4.93. The number of carbonyl (C=O) groups excluding carboxylic acids is 1. The van der Waals surface area contributed by atoms with E-state index in [2.05, 4.69) is 20.3 Å². The van der Waals surface area contributed by atoms with Gasteiger partial charge in [-0.2, -0.15) is 0 Å². The highest BCUT2D eigenvalue weighted by Crippen LogP contribution is 2.30. The van der Waals surface area contributed by atoms with Crippen LogP contribution in [0.1, 0.15) is 10.4 Å². The number of pyridine rings is 2. The van der Waals surface area contributed by atoms with E-state index >= 15 is 0 Å². The number of fused-ring (bicyclic) bond motifs is 1. The molecule has 5 aromatic rings. The zero-order valence-corrected chi connectivity index (χ0v) is 19.5. The summed E-state index contributed by atoms with van der Waals surface area (Å²) in [4.78, 5) is 54.4. The average molecular weight is 516 g/mol. The molecule has 0 spiro atoms.